The van der Waals surface area contributed by atoms with Crippen LogP contribution in [0.25, 0.3) is 10.9 Å². The van der Waals surface area contributed by atoms with Crippen LogP contribution in [0.1, 0.15) is 18.9 Å². The van der Waals surface area contributed by atoms with Crippen LogP contribution in [-0.4, -0.2) is 45.5 Å². The van der Waals surface area contributed by atoms with Crippen molar-refractivity contribution in [3.8, 4) is 5.75 Å². The normalized spacial score (nSPS) is 14.9. The molecule has 0 radical (unpaired) electrons. The fraction of sp³-hybridized carbons (Fsp3) is 0.300. The lowest BCUT2D eigenvalue weighted by Crippen LogP contribution is -2.43. The van der Waals surface area contributed by atoms with Gasteiger partial charge in [-0.1, -0.05) is 5.21 Å². The molecule has 29 heavy (non-hydrogen) atoms. The van der Waals surface area contributed by atoms with E-state index < -0.39 is 5.82 Å². The standard InChI is InChI=1S/C20H18F2N4O3/c21-13-1-4-16(5-2-13)29-12-19(27)25-9-7-15(8-10-25)26-20(28)17-6-3-14(22)11-18(17)23-24-26/h1-6,11,15H,7-10,12H2. The number of piperidine rings is 1. The number of hydrogen-bond donors (Lipinski definition) is 0. The molecular formula is C20H18F2N4O3. The van der Waals surface area contributed by atoms with Gasteiger partial charge >= 0.3 is 0 Å². The molecule has 1 aromatic heterocycles. The number of likely N-dealkylation sites (tertiary alicyclic amines) is 1. The van der Waals surface area contributed by atoms with Gasteiger partial charge in [0.2, 0.25) is 0 Å². The summed E-state index contributed by atoms with van der Waals surface area (Å²) in [5.41, 5.74) is -0.101. The second-order valence-corrected chi connectivity index (χ2v) is 6.86. The number of aromatic nitrogens is 3. The zero-order valence-electron chi connectivity index (χ0n) is 15.4. The van der Waals surface area contributed by atoms with E-state index in [1.165, 1.54) is 47.1 Å². The molecule has 1 aliphatic rings. The van der Waals surface area contributed by atoms with Crippen molar-refractivity contribution in [3.05, 3.63) is 64.5 Å². The number of carbonyl (C=O) groups is 1. The zero-order valence-corrected chi connectivity index (χ0v) is 15.4. The lowest BCUT2D eigenvalue weighted by atomic mass is 10.1. The molecule has 1 aliphatic heterocycles. The minimum absolute atomic E-state index is 0.141. The number of fused-ring (bicyclic) bond motifs is 1. The molecule has 9 heteroatoms. The molecule has 0 spiro atoms. The second kappa shape index (κ2) is 7.94. The summed E-state index contributed by atoms with van der Waals surface area (Å²) >= 11 is 0. The first kappa shape index (κ1) is 19.0. The third kappa shape index (κ3) is 4.08. The number of benzene rings is 2. The summed E-state index contributed by atoms with van der Waals surface area (Å²) in [5, 5.41) is 8.21. The maximum Gasteiger partial charge on any atom is 0.277 e. The third-order valence-electron chi connectivity index (χ3n) is 4.99. The van der Waals surface area contributed by atoms with Gasteiger partial charge in [-0.15, -0.1) is 5.10 Å². The maximum absolute atomic E-state index is 13.3. The van der Waals surface area contributed by atoms with E-state index in [1.54, 1.807) is 4.90 Å². The molecule has 1 fully saturated rings. The smallest absolute Gasteiger partial charge is 0.277 e. The van der Waals surface area contributed by atoms with Crippen LogP contribution in [0.3, 0.4) is 0 Å². The molecule has 1 amide bonds. The highest BCUT2D eigenvalue weighted by Gasteiger charge is 2.26. The summed E-state index contributed by atoms with van der Waals surface area (Å²) in [6.07, 6.45) is 1.09. The Kier molecular flexibility index (Phi) is 5.20. The first-order valence-electron chi connectivity index (χ1n) is 9.22. The minimum atomic E-state index is -0.473. The first-order chi connectivity index (χ1) is 14.0. The number of ether oxygens (including phenoxy) is 1. The van der Waals surface area contributed by atoms with Gasteiger partial charge in [-0.3, -0.25) is 9.59 Å². The number of halogens is 2. The molecule has 4 rings (SSSR count). The summed E-state index contributed by atoms with van der Waals surface area (Å²) in [6.45, 7) is 0.759. The monoisotopic (exact) mass is 400 g/mol. The molecule has 1 saturated heterocycles. The van der Waals surface area contributed by atoms with Gasteiger partial charge in [0.25, 0.3) is 11.5 Å². The Morgan fingerprint density at radius 3 is 2.48 bits per heavy atom. The van der Waals surface area contributed by atoms with Crippen LogP contribution in [0.4, 0.5) is 8.78 Å². The number of nitrogens with zero attached hydrogens (tertiary/aromatic N) is 4. The number of carbonyl (C=O) groups excluding carboxylic acids is 1. The predicted molar refractivity (Wildman–Crippen MR) is 101 cm³/mol. The van der Waals surface area contributed by atoms with Crippen LogP contribution in [0.5, 0.6) is 5.75 Å². The number of hydrogen-bond acceptors (Lipinski definition) is 5. The Labute approximate surface area is 164 Å². The van der Waals surface area contributed by atoms with Gasteiger partial charge in [-0.25, -0.2) is 13.5 Å². The molecular weight excluding hydrogens is 382 g/mol. The zero-order chi connectivity index (χ0) is 20.4. The minimum Gasteiger partial charge on any atom is -0.484 e. The van der Waals surface area contributed by atoms with Gasteiger partial charge in [0, 0.05) is 19.2 Å². The topological polar surface area (TPSA) is 77.3 Å². The highest BCUT2D eigenvalue weighted by Crippen LogP contribution is 2.21. The Morgan fingerprint density at radius 2 is 1.76 bits per heavy atom. The van der Waals surface area contributed by atoms with E-state index in [-0.39, 0.29) is 35.4 Å². The molecule has 0 atom stereocenters. The van der Waals surface area contributed by atoms with Crippen LogP contribution >= 0.6 is 0 Å². The van der Waals surface area contributed by atoms with Crippen molar-refractivity contribution in [1.82, 2.24) is 19.9 Å². The summed E-state index contributed by atoms with van der Waals surface area (Å²) in [4.78, 5) is 26.7. The molecule has 150 valence electrons. The van der Waals surface area contributed by atoms with Crippen molar-refractivity contribution in [2.24, 2.45) is 0 Å². The van der Waals surface area contributed by atoms with Gasteiger partial charge < -0.3 is 9.64 Å². The highest BCUT2D eigenvalue weighted by atomic mass is 19.1. The van der Waals surface area contributed by atoms with Gasteiger partial charge in [0.05, 0.1) is 11.4 Å². The molecule has 0 bridgehead atoms. The van der Waals surface area contributed by atoms with E-state index >= 15 is 0 Å². The molecule has 0 aliphatic carbocycles. The molecule has 7 nitrogen and oxygen atoms in total. The van der Waals surface area contributed by atoms with Crippen LogP contribution in [-0.2, 0) is 4.79 Å². The van der Waals surface area contributed by atoms with Gasteiger partial charge in [0.1, 0.15) is 22.9 Å². The van der Waals surface area contributed by atoms with Crippen molar-refractivity contribution >= 4 is 16.8 Å². The molecule has 0 saturated carbocycles. The SMILES string of the molecule is O=C(COc1ccc(F)cc1)N1CCC(n2nnc3cc(F)ccc3c2=O)CC1. The quantitative estimate of drug-likeness (QED) is 0.672. The van der Waals surface area contributed by atoms with Crippen molar-refractivity contribution in [2.45, 2.75) is 18.9 Å². The lowest BCUT2D eigenvalue weighted by molar-refractivity contribution is -0.134. The maximum atomic E-state index is 13.3. The fourth-order valence-electron chi connectivity index (χ4n) is 3.39. The van der Waals surface area contributed by atoms with E-state index in [0.29, 0.717) is 37.1 Å². The molecule has 0 unspecified atom stereocenters. The van der Waals surface area contributed by atoms with E-state index in [9.17, 15) is 18.4 Å². The fourth-order valence-corrected chi connectivity index (χ4v) is 3.39. The first-order valence-corrected chi connectivity index (χ1v) is 9.22. The van der Waals surface area contributed by atoms with Crippen molar-refractivity contribution in [2.75, 3.05) is 19.7 Å². The Morgan fingerprint density at radius 1 is 1.07 bits per heavy atom. The molecule has 2 aromatic carbocycles. The average molecular weight is 400 g/mol. The van der Waals surface area contributed by atoms with Crippen molar-refractivity contribution < 1.29 is 18.3 Å². The van der Waals surface area contributed by atoms with E-state index in [1.807, 2.05) is 0 Å². The summed E-state index contributed by atoms with van der Waals surface area (Å²) in [5.74, 6) is -0.606. The average Bonchev–Trinajstić information content (AvgIpc) is 2.73. The largest absolute Gasteiger partial charge is 0.484 e. The van der Waals surface area contributed by atoms with Crippen LogP contribution in [0, 0.1) is 11.6 Å². The van der Waals surface area contributed by atoms with E-state index in [0.717, 1.165) is 0 Å². The molecule has 2 heterocycles. The van der Waals surface area contributed by atoms with Crippen LogP contribution in [0.2, 0.25) is 0 Å². The third-order valence-corrected chi connectivity index (χ3v) is 4.99. The molecule has 0 N–H and O–H groups in total. The van der Waals surface area contributed by atoms with Gasteiger partial charge in [-0.2, -0.15) is 0 Å². The summed E-state index contributed by atoms with van der Waals surface area (Å²) < 4.78 is 32.9. The van der Waals surface area contributed by atoms with Crippen LogP contribution < -0.4 is 10.3 Å². The number of amides is 1. The number of rotatable bonds is 4. The second-order valence-electron chi connectivity index (χ2n) is 6.86. The Bertz CT molecular complexity index is 1090. The summed E-state index contributed by atoms with van der Waals surface area (Å²) in [6, 6.07) is 9.07. The molecule has 3 aromatic rings. The van der Waals surface area contributed by atoms with Crippen LogP contribution in [0.15, 0.2) is 47.3 Å². The van der Waals surface area contributed by atoms with Crippen molar-refractivity contribution in [1.29, 1.82) is 0 Å². The van der Waals surface area contributed by atoms with E-state index in [4.69, 9.17) is 4.74 Å². The highest BCUT2D eigenvalue weighted by molar-refractivity contribution is 5.78. The summed E-state index contributed by atoms with van der Waals surface area (Å²) in [7, 11) is 0. The van der Waals surface area contributed by atoms with Crippen molar-refractivity contribution in [3.63, 3.8) is 0 Å². The van der Waals surface area contributed by atoms with E-state index in [2.05, 4.69) is 10.3 Å². The predicted octanol–water partition coefficient (Wildman–Crippen LogP) is 2.31. The Hall–Kier alpha value is -3.36. The Balaban J connectivity index is 1.38. The lowest BCUT2D eigenvalue weighted by Gasteiger charge is -2.32. The van der Waals surface area contributed by atoms with Gasteiger partial charge in [-0.05, 0) is 49.2 Å². The van der Waals surface area contributed by atoms with Gasteiger partial charge in [0.15, 0.2) is 6.61 Å².